The Balaban J connectivity index is 1.39. The number of nitrogens with two attached hydrogens (primary N) is 1. The second-order valence-electron chi connectivity index (χ2n) is 8.41. The van der Waals surface area contributed by atoms with Crippen LogP contribution in [0.3, 0.4) is 0 Å². The van der Waals surface area contributed by atoms with Gasteiger partial charge in [-0.2, -0.15) is 0 Å². The molecule has 1 aliphatic rings. The summed E-state index contributed by atoms with van der Waals surface area (Å²) in [5.41, 5.74) is 11.2. The lowest BCUT2D eigenvalue weighted by Gasteiger charge is -2.13. The van der Waals surface area contributed by atoms with E-state index in [9.17, 15) is 9.18 Å². The van der Waals surface area contributed by atoms with Crippen molar-refractivity contribution in [2.45, 2.75) is 26.3 Å². The summed E-state index contributed by atoms with van der Waals surface area (Å²) in [5, 5.41) is 11.6. The zero-order valence-corrected chi connectivity index (χ0v) is 18.8. The highest BCUT2D eigenvalue weighted by Crippen LogP contribution is 2.32. The number of ether oxygens (including phenoxy) is 1. The van der Waals surface area contributed by atoms with Crippen LogP contribution in [0.15, 0.2) is 43.0 Å². The Labute approximate surface area is 198 Å². The predicted molar refractivity (Wildman–Crippen MR) is 126 cm³/mol. The lowest BCUT2D eigenvalue weighted by Crippen LogP contribution is -2.15. The molecule has 0 bridgehead atoms. The lowest BCUT2D eigenvalue weighted by atomic mass is 10.0. The van der Waals surface area contributed by atoms with Gasteiger partial charge in [0.1, 0.15) is 23.5 Å². The first-order valence-electron chi connectivity index (χ1n) is 11.1. The minimum absolute atomic E-state index is 0.0811. The van der Waals surface area contributed by atoms with Crippen molar-refractivity contribution in [1.82, 2.24) is 29.0 Å². The van der Waals surface area contributed by atoms with Gasteiger partial charge >= 0.3 is 0 Å². The van der Waals surface area contributed by atoms with Gasteiger partial charge in [0.05, 0.1) is 18.7 Å². The normalized spacial score (nSPS) is 12.7. The molecule has 1 aliphatic heterocycles. The van der Waals surface area contributed by atoms with Crippen LogP contribution in [0, 0.1) is 12.7 Å². The number of nitrogens with zero attached hydrogens (tertiary/aromatic N) is 6. The minimum atomic E-state index is -0.430. The van der Waals surface area contributed by atoms with Crippen LogP contribution in [0.1, 0.15) is 22.5 Å². The largest absolute Gasteiger partial charge is 0.493 e. The molecule has 11 heteroatoms. The number of aromatic nitrogens is 6. The number of hydrogen-bond acceptors (Lipinski definition) is 7. The highest BCUT2D eigenvalue weighted by atomic mass is 19.1. The number of imidazole rings is 1. The van der Waals surface area contributed by atoms with Gasteiger partial charge < -0.3 is 20.2 Å². The van der Waals surface area contributed by atoms with E-state index in [4.69, 9.17) is 10.5 Å². The number of amides is 1. The van der Waals surface area contributed by atoms with Crippen LogP contribution in [0.2, 0.25) is 0 Å². The summed E-state index contributed by atoms with van der Waals surface area (Å²) in [5.74, 6) is 0.484. The second kappa shape index (κ2) is 8.05. The van der Waals surface area contributed by atoms with Gasteiger partial charge in [0.15, 0.2) is 5.65 Å². The monoisotopic (exact) mass is 472 g/mol. The van der Waals surface area contributed by atoms with Crippen LogP contribution < -0.4 is 15.8 Å². The predicted octanol–water partition coefficient (Wildman–Crippen LogP) is 2.46. The Bertz CT molecular complexity index is 1620. The van der Waals surface area contributed by atoms with Crippen LogP contribution in [-0.2, 0) is 24.2 Å². The van der Waals surface area contributed by atoms with E-state index < -0.39 is 5.91 Å². The molecule has 0 saturated heterocycles. The van der Waals surface area contributed by atoms with Gasteiger partial charge in [-0.15, -0.1) is 10.2 Å². The van der Waals surface area contributed by atoms with Crippen molar-refractivity contribution in [3.63, 3.8) is 0 Å². The molecule has 0 unspecified atom stereocenters. The highest BCUT2D eigenvalue weighted by molar-refractivity contribution is 5.87. The van der Waals surface area contributed by atoms with Crippen molar-refractivity contribution in [3.8, 4) is 16.9 Å². The fourth-order valence-electron chi connectivity index (χ4n) is 4.65. The number of carbonyl (C=O) groups excluding carboxylic acids is 1. The van der Waals surface area contributed by atoms with Gasteiger partial charge in [0, 0.05) is 53.3 Å². The molecule has 4 aromatic heterocycles. The van der Waals surface area contributed by atoms with E-state index in [0.29, 0.717) is 41.5 Å². The number of aryl methyl sites for hydroxylation is 1. The van der Waals surface area contributed by atoms with Crippen LogP contribution in [-0.4, -0.2) is 41.5 Å². The van der Waals surface area contributed by atoms with E-state index in [1.165, 1.54) is 6.07 Å². The van der Waals surface area contributed by atoms with Gasteiger partial charge in [-0.1, -0.05) is 0 Å². The number of hydrogen-bond donors (Lipinski definition) is 2. The van der Waals surface area contributed by atoms with Gasteiger partial charge in [0.25, 0.3) is 0 Å². The summed E-state index contributed by atoms with van der Waals surface area (Å²) in [6.45, 7) is 2.73. The Morgan fingerprint density at radius 3 is 2.91 bits per heavy atom. The number of pyridine rings is 1. The molecule has 35 heavy (non-hydrogen) atoms. The van der Waals surface area contributed by atoms with Crippen molar-refractivity contribution in [2.24, 2.45) is 5.73 Å². The van der Waals surface area contributed by atoms with E-state index in [1.54, 1.807) is 29.2 Å². The molecule has 0 atom stereocenters. The van der Waals surface area contributed by atoms with E-state index in [-0.39, 0.29) is 18.8 Å². The molecule has 176 valence electrons. The third-order valence-corrected chi connectivity index (χ3v) is 6.26. The molecule has 0 aliphatic carbocycles. The maximum absolute atomic E-state index is 14.6. The number of halogens is 1. The number of benzene rings is 1. The van der Waals surface area contributed by atoms with Gasteiger partial charge in [-0.25, -0.2) is 14.4 Å². The molecule has 3 N–H and O–H groups in total. The lowest BCUT2D eigenvalue weighted by molar-refractivity contribution is -0.117. The minimum Gasteiger partial charge on any atom is -0.493 e. The van der Waals surface area contributed by atoms with Gasteiger partial charge in [-0.3, -0.25) is 9.20 Å². The second-order valence-corrected chi connectivity index (χ2v) is 8.41. The average molecular weight is 472 g/mol. The first-order chi connectivity index (χ1) is 17.0. The maximum Gasteiger partial charge on any atom is 0.223 e. The van der Waals surface area contributed by atoms with E-state index in [1.807, 2.05) is 23.5 Å². The number of anilines is 1. The SMILES string of the molecule is Cc1ccc(-c2cnc(NCc3c(F)ccc4c3CCO4)n3cnnc23)c2ncc(CC(N)=O)n12. The third kappa shape index (κ3) is 3.43. The molecule has 5 heterocycles. The van der Waals surface area contributed by atoms with Crippen molar-refractivity contribution in [1.29, 1.82) is 0 Å². The number of nitrogens with one attached hydrogen (secondary N) is 1. The molecule has 6 rings (SSSR count). The summed E-state index contributed by atoms with van der Waals surface area (Å²) in [4.78, 5) is 20.6. The molecular weight excluding hydrogens is 451 g/mol. The topological polar surface area (TPSA) is 125 Å². The number of rotatable bonds is 6. The summed E-state index contributed by atoms with van der Waals surface area (Å²) < 4.78 is 23.8. The highest BCUT2D eigenvalue weighted by Gasteiger charge is 2.21. The van der Waals surface area contributed by atoms with E-state index >= 15 is 0 Å². The Morgan fingerprint density at radius 2 is 2.06 bits per heavy atom. The smallest absolute Gasteiger partial charge is 0.223 e. The van der Waals surface area contributed by atoms with Gasteiger partial charge in [0.2, 0.25) is 11.9 Å². The first-order valence-corrected chi connectivity index (χ1v) is 11.1. The van der Waals surface area contributed by atoms with Crippen LogP contribution >= 0.6 is 0 Å². The van der Waals surface area contributed by atoms with Crippen LogP contribution in [0.4, 0.5) is 10.3 Å². The van der Waals surface area contributed by atoms with Gasteiger partial charge in [-0.05, 0) is 31.2 Å². The molecule has 5 aromatic rings. The summed E-state index contributed by atoms with van der Waals surface area (Å²) in [7, 11) is 0. The summed E-state index contributed by atoms with van der Waals surface area (Å²) in [6, 6.07) is 6.96. The van der Waals surface area contributed by atoms with Crippen molar-refractivity contribution < 1.29 is 13.9 Å². The summed E-state index contributed by atoms with van der Waals surface area (Å²) >= 11 is 0. The number of fused-ring (bicyclic) bond motifs is 3. The first kappa shape index (κ1) is 21.0. The molecule has 1 amide bonds. The van der Waals surface area contributed by atoms with E-state index in [2.05, 4.69) is 25.5 Å². The number of primary amides is 1. The fraction of sp³-hybridized carbons (Fsp3) is 0.208. The molecule has 0 saturated carbocycles. The standard InChI is InChI=1S/C24H21FN8O2/c1-13-2-3-16(22-27-9-14(33(13)22)8-21(26)34)18-11-29-24(32-12-30-31-23(18)32)28-10-17-15-6-7-35-20(15)5-4-19(17)25/h2-5,9,11-12H,6-8,10H2,1H3,(H2,26,34)(H,28,29). The molecule has 0 fully saturated rings. The third-order valence-electron chi connectivity index (χ3n) is 6.26. The molecule has 10 nitrogen and oxygen atoms in total. The van der Waals surface area contributed by atoms with E-state index in [0.717, 1.165) is 28.1 Å². The molecular formula is C24H21FN8O2. The van der Waals surface area contributed by atoms with Crippen LogP contribution in [0.5, 0.6) is 5.75 Å². The maximum atomic E-state index is 14.6. The Hall–Kier alpha value is -4.54. The number of carbonyl (C=O) groups is 1. The fourth-order valence-corrected chi connectivity index (χ4v) is 4.65. The molecule has 0 radical (unpaired) electrons. The van der Waals surface area contributed by atoms with Crippen LogP contribution in [0.25, 0.3) is 22.4 Å². The van der Waals surface area contributed by atoms with Crippen molar-refractivity contribution in [2.75, 3.05) is 11.9 Å². The Kier molecular flexibility index (Phi) is 4.83. The summed E-state index contributed by atoms with van der Waals surface area (Å²) in [6.07, 6.45) is 5.64. The average Bonchev–Trinajstić information content (AvgIpc) is 3.59. The quantitative estimate of drug-likeness (QED) is 0.389. The molecule has 1 aromatic carbocycles. The molecule has 0 spiro atoms. The van der Waals surface area contributed by atoms with Crippen molar-refractivity contribution in [3.05, 3.63) is 71.3 Å². The Morgan fingerprint density at radius 1 is 1.17 bits per heavy atom. The zero-order valence-electron chi connectivity index (χ0n) is 18.8. The zero-order chi connectivity index (χ0) is 24.1. The van der Waals surface area contributed by atoms with Crippen molar-refractivity contribution >= 4 is 23.1 Å².